The minimum atomic E-state index is -0.332. The van der Waals surface area contributed by atoms with Crippen LogP contribution in [0.25, 0.3) is 0 Å². The Bertz CT molecular complexity index is 673. The number of carbonyl (C=O) groups is 1. The van der Waals surface area contributed by atoms with Gasteiger partial charge < -0.3 is 10.3 Å². The number of aryl methyl sites for hydroxylation is 2. The van der Waals surface area contributed by atoms with E-state index in [0.29, 0.717) is 12.2 Å². The molecule has 0 aliphatic heterocycles. The molecular formula is C13H17N5O2. The minimum Gasteiger partial charge on any atom is -0.344 e. The van der Waals surface area contributed by atoms with Gasteiger partial charge in [0.15, 0.2) is 0 Å². The zero-order chi connectivity index (χ0) is 14.7. The van der Waals surface area contributed by atoms with Gasteiger partial charge in [-0.15, -0.1) is 0 Å². The van der Waals surface area contributed by atoms with Crippen LogP contribution in [0.1, 0.15) is 41.4 Å². The monoisotopic (exact) mass is 275 g/mol. The number of carbonyl (C=O) groups excluding carboxylic acids is 1. The quantitative estimate of drug-likeness (QED) is 0.858. The maximum Gasteiger partial charge on any atom is 0.272 e. The van der Waals surface area contributed by atoms with Crippen LogP contribution < -0.4 is 10.9 Å². The van der Waals surface area contributed by atoms with E-state index in [9.17, 15) is 9.59 Å². The molecule has 0 radical (unpaired) electrons. The number of rotatable bonds is 4. The predicted octanol–water partition coefficient (Wildman–Crippen LogP) is 0.693. The summed E-state index contributed by atoms with van der Waals surface area (Å²) in [4.78, 5) is 30.7. The van der Waals surface area contributed by atoms with Gasteiger partial charge in [-0.2, -0.15) is 5.10 Å². The lowest BCUT2D eigenvalue weighted by Crippen LogP contribution is -2.31. The van der Waals surface area contributed by atoms with Crippen LogP contribution in [0.3, 0.4) is 0 Å². The van der Waals surface area contributed by atoms with Crippen LogP contribution >= 0.6 is 0 Å². The molecule has 2 heterocycles. The lowest BCUT2D eigenvalue weighted by atomic mass is 10.2. The summed E-state index contributed by atoms with van der Waals surface area (Å²) in [6, 6.07) is 2.52. The summed E-state index contributed by atoms with van der Waals surface area (Å²) in [7, 11) is 1.51. The van der Waals surface area contributed by atoms with E-state index in [1.807, 2.05) is 13.8 Å². The van der Waals surface area contributed by atoms with Crippen molar-refractivity contribution in [3.63, 3.8) is 0 Å². The van der Waals surface area contributed by atoms with Crippen molar-refractivity contribution in [3.8, 4) is 0 Å². The lowest BCUT2D eigenvalue weighted by Gasteiger charge is -2.14. The van der Waals surface area contributed by atoms with Crippen LogP contribution in [-0.4, -0.2) is 25.7 Å². The fraction of sp³-hybridized carbons (Fsp3) is 0.385. The summed E-state index contributed by atoms with van der Waals surface area (Å²) in [5.41, 5.74) is 0.886. The number of H-pyrrole nitrogens is 1. The standard InChI is InChI=1S/C13H17N5O2/c1-4-9(12-14-7-8(2)15-12)16-13(20)10-5-6-11(19)18(3)17-10/h5-7,9H,4H2,1-3H3,(H,14,15)(H,16,20). The van der Waals surface area contributed by atoms with Crippen molar-refractivity contribution >= 4 is 5.91 Å². The molecule has 0 saturated heterocycles. The number of imidazole rings is 1. The Morgan fingerprint density at radius 3 is 2.80 bits per heavy atom. The van der Waals surface area contributed by atoms with E-state index < -0.39 is 0 Å². The number of amides is 1. The van der Waals surface area contributed by atoms with Gasteiger partial charge in [0.25, 0.3) is 11.5 Å². The summed E-state index contributed by atoms with van der Waals surface area (Å²) in [6.07, 6.45) is 2.42. The fourth-order valence-corrected chi connectivity index (χ4v) is 1.83. The highest BCUT2D eigenvalue weighted by Crippen LogP contribution is 2.13. The average Bonchev–Trinajstić information content (AvgIpc) is 2.85. The van der Waals surface area contributed by atoms with Crippen molar-refractivity contribution in [1.82, 2.24) is 25.1 Å². The minimum absolute atomic E-state index is 0.203. The zero-order valence-corrected chi connectivity index (χ0v) is 11.7. The van der Waals surface area contributed by atoms with Crippen LogP contribution in [-0.2, 0) is 7.05 Å². The van der Waals surface area contributed by atoms with Crippen LogP contribution in [0.2, 0.25) is 0 Å². The second-order valence-corrected chi connectivity index (χ2v) is 4.57. The van der Waals surface area contributed by atoms with Gasteiger partial charge in [-0.1, -0.05) is 6.92 Å². The summed E-state index contributed by atoms with van der Waals surface area (Å²) in [6.45, 7) is 3.86. The summed E-state index contributed by atoms with van der Waals surface area (Å²) in [5.74, 6) is 0.379. The lowest BCUT2D eigenvalue weighted by molar-refractivity contribution is 0.0926. The van der Waals surface area contributed by atoms with Gasteiger partial charge >= 0.3 is 0 Å². The highest BCUT2D eigenvalue weighted by atomic mass is 16.2. The first kappa shape index (κ1) is 14.0. The SMILES string of the molecule is CCC(NC(=O)c1ccc(=O)n(C)n1)c1ncc(C)[nH]1. The Balaban J connectivity index is 2.16. The number of aromatic nitrogens is 4. The predicted molar refractivity (Wildman–Crippen MR) is 73.3 cm³/mol. The zero-order valence-electron chi connectivity index (χ0n) is 11.7. The first-order valence-electron chi connectivity index (χ1n) is 6.38. The molecule has 7 heteroatoms. The third-order valence-corrected chi connectivity index (χ3v) is 2.96. The molecule has 0 aliphatic rings. The highest BCUT2D eigenvalue weighted by molar-refractivity contribution is 5.92. The molecule has 0 bridgehead atoms. The van der Waals surface area contributed by atoms with E-state index in [-0.39, 0.29) is 23.2 Å². The molecule has 2 rings (SSSR count). The van der Waals surface area contributed by atoms with Crippen LogP contribution in [0, 0.1) is 6.92 Å². The number of aromatic amines is 1. The molecule has 0 fully saturated rings. The van der Waals surface area contributed by atoms with E-state index in [4.69, 9.17) is 0 Å². The molecule has 0 aliphatic carbocycles. The van der Waals surface area contributed by atoms with Gasteiger partial charge in [0.05, 0.1) is 6.04 Å². The maximum absolute atomic E-state index is 12.1. The average molecular weight is 275 g/mol. The third-order valence-electron chi connectivity index (χ3n) is 2.96. The maximum atomic E-state index is 12.1. The number of hydrogen-bond acceptors (Lipinski definition) is 4. The van der Waals surface area contributed by atoms with Crippen LogP contribution in [0.4, 0.5) is 0 Å². The second kappa shape index (κ2) is 5.68. The normalized spacial score (nSPS) is 12.2. The molecule has 20 heavy (non-hydrogen) atoms. The van der Waals surface area contributed by atoms with E-state index in [1.54, 1.807) is 6.20 Å². The topological polar surface area (TPSA) is 92.7 Å². The Morgan fingerprint density at radius 2 is 2.25 bits per heavy atom. The molecule has 2 aromatic rings. The Labute approximate surface area is 116 Å². The Morgan fingerprint density at radius 1 is 1.50 bits per heavy atom. The molecular weight excluding hydrogens is 258 g/mol. The first-order chi connectivity index (χ1) is 9.51. The molecule has 2 N–H and O–H groups in total. The smallest absolute Gasteiger partial charge is 0.272 e. The molecule has 0 aromatic carbocycles. The molecule has 0 saturated carbocycles. The van der Waals surface area contributed by atoms with E-state index >= 15 is 0 Å². The second-order valence-electron chi connectivity index (χ2n) is 4.57. The van der Waals surface area contributed by atoms with Gasteiger partial charge in [0.1, 0.15) is 11.5 Å². The van der Waals surface area contributed by atoms with E-state index in [0.717, 1.165) is 10.4 Å². The molecule has 106 valence electrons. The van der Waals surface area contributed by atoms with Gasteiger partial charge in [0, 0.05) is 25.0 Å². The summed E-state index contributed by atoms with van der Waals surface area (Å²) < 4.78 is 1.13. The summed E-state index contributed by atoms with van der Waals surface area (Å²) in [5, 5.41) is 6.77. The Hall–Kier alpha value is -2.44. The largest absolute Gasteiger partial charge is 0.344 e. The van der Waals surface area contributed by atoms with Crippen molar-refractivity contribution in [3.05, 3.63) is 45.9 Å². The van der Waals surface area contributed by atoms with Crippen LogP contribution in [0.5, 0.6) is 0 Å². The molecule has 0 spiro atoms. The highest BCUT2D eigenvalue weighted by Gasteiger charge is 2.17. The molecule has 1 atom stereocenters. The summed E-state index contributed by atoms with van der Waals surface area (Å²) >= 11 is 0. The van der Waals surface area contributed by atoms with Crippen molar-refractivity contribution in [1.29, 1.82) is 0 Å². The Kier molecular flexibility index (Phi) is 3.97. The molecule has 1 amide bonds. The molecule has 7 nitrogen and oxygen atoms in total. The van der Waals surface area contributed by atoms with Crippen molar-refractivity contribution in [2.75, 3.05) is 0 Å². The number of hydrogen-bond donors (Lipinski definition) is 2. The first-order valence-corrected chi connectivity index (χ1v) is 6.38. The van der Waals surface area contributed by atoms with Crippen molar-refractivity contribution in [2.24, 2.45) is 7.05 Å². The third kappa shape index (κ3) is 2.93. The van der Waals surface area contributed by atoms with Crippen molar-refractivity contribution < 1.29 is 4.79 Å². The van der Waals surface area contributed by atoms with Gasteiger partial charge in [-0.05, 0) is 19.4 Å². The van der Waals surface area contributed by atoms with Gasteiger partial charge in [0.2, 0.25) is 0 Å². The van der Waals surface area contributed by atoms with Crippen LogP contribution in [0.15, 0.2) is 23.1 Å². The number of nitrogens with one attached hydrogen (secondary N) is 2. The van der Waals surface area contributed by atoms with E-state index in [1.165, 1.54) is 19.2 Å². The molecule has 1 unspecified atom stereocenters. The van der Waals surface area contributed by atoms with Gasteiger partial charge in [-0.3, -0.25) is 9.59 Å². The number of nitrogens with zero attached hydrogens (tertiary/aromatic N) is 3. The van der Waals surface area contributed by atoms with Gasteiger partial charge in [-0.25, -0.2) is 9.67 Å². The fourth-order valence-electron chi connectivity index (χ4n) is 1.83. The van der Waals surface area contributed by atoms with E-state index in [2.05, 4.69) is 20.4 Å². The van der Waals surface area contributed by atoms with Crippen molar-refractivity contribution in [2.45, 2.75) is 26.3 Å². The molecule has 2 aromatic heterocycles.